The number of carbonyl (C=O) groups excluding carboxylic acids is 1. The van der Waals surface area contributed by atoms with Gasteiger partial charge in [0.25, 0.3) is 0 Å². The summed E-state index contributed by atoms with van der Waals surface area (Å²) in [4.78, 5) is 23.2. The molecule has 0 aromatic heterocycles. The Labute approximate surface area is 115 Å². The molecule has 0 heterocycles. The van der Waals surface area contributed by atoms with Crippen molar-refractivity contribution in [1.82, 2.24) is 10.6 Å². The third-order valence-electron chi connectivity index (χ3n) is 4.46. The van der Waals surface area contributed by atoms with Crippen molar-refractivity contribution in [3.8, 4) is 0 Å². The summed E-state index contributed by atoms with van der Waals surface area (Å²) in [5.74, 6) is -0.972. The Morgan fingerprint density at radius 3 is 2.16 bits per heavy atom. The Morgan fingerprint density at radius 2 is 1.74 bits per heavy atom. The lowest BCUT2D eigenvalue weighted by molar-refractivity contribution is -0.144. The van der Waals surface area contributed by atoms with Gasteiger partial charge in [-0.1, -0.05) is 33.6 Å². The van der Waals surface area contributed by atoms with Gasteiger partial charge in [0.05, 0.1) is 0 Å². The monoisotopic (exact) mass is 270 g/mol. The van der Waals surface area contributed by atoms with Gasteiger partial charge in [-0.3, -0.25) is 0 Å². The van der Waals surface area contributed by atoms with Crippen molar-refractivity contribution in [2.24, 2.45) is 5.41 Å². The van der Waals surface area contributed by atoms with Gasteiger partial charge in [0.2, 0.25) is 0 Å². The minimum absolute atomic E-state index is 0.168. The number of hydrogen-bond donors (Lipinski definition) is 3. The first-order chi connectivity index (χ1) is 8.87. The SMILES string of the molecule is CCC(CC)(NC(=O)NCC1(C)CCCC1)C(=O)O. The largest absolute Gasteiger partial charge is 0.480 e. The zero-order valence-corrected chi connectivity index (χ0v) is 12.2. The van der Waals surface area contributed by atoms with Crippen LogP contribution in [0.25, 0.3) is 0 Å². The molecule has 0 aromatic rings. The van der Waals surface area contributed by atoms with Gasteiger partial charge in [-0.25, -0.2) is 9.59 Å². The van der Waals surface area contributed by atoms with Gasteiger partial charge in [0.1, 0.15) is 5.54 Å². The zero-order valence-electron chi connectivity index (χ0n) is 12.2. The quantitative estimate of drug-likeness (QED) is 0.694. The van der Waals surface area contributed by atoms with Gasteiger partial charge in [-0.2, -0.15) is 0 Å². The highest BCUT2D eigenvalue weighted by atomic mass is 16.4. The molecular weight excluding hydrogens is 244 g/mol. The third kappa shape index (κ3) is 3.85. The third-order valence-corrected chi connectivity index (χ3v) is 4.46. The van der Waals surface area contributed by atoms with Crippen LogP contribution in [0.4, 0.5) is 4.79 Å². The molecule has 0 spiro atoms. The fourth-order valence-electron chi connectivity index (χ4n) is 2.74. The van der Waals surface area contributed by atoms with Gasteiger partial charge in [-0.05, 0) is 31.1 Å². The number of amides is 2. The summed E-state index contributed by atoms with van der Waals surface area (Å²) in [6.07, 6.45) is 5.43. The Bertz CT molecular complexity index is 332. The van der Waals surface area contributed by atoms with Crippen molar-refractivity contribution in [2.45, 2.75) is 64.8 Å². The Balaban J connectivity index is 2.51. The Hall–Kier alpha value is -1.26. The molecule has 0 atom stereocenters. The minimum Gasteiger partial charge on any atom is -0.480 e. The molecular formula is C14H26N2O3. The van der Waals surface area contributed by atoms with Gasteiger partial charge in [0, 0.05) is 6.54 Å². The van der Waals surface area contributed by atoms with Gasteiger partial charge in [-0.15, -0.1) is 0 Å². The molecule has 1 aliphatic carbocycles. The van der Waals surface area contributed by atoms with E-state index in [1.165, 1.54) is 12.8 Å². The summed E-state index contributed by atoms with van der Waals surface area (Å²) < 4.78 is 0. The molecule has 1 rings (SSSR count). The average molecular weight is 270 g/mol. The smallest absolute Gasteiger partial charge is 0.329 e. The number of rotatable bonds is 6. The van der Waals surface area contributed by atoms with Crippen molar-refractivity contribution in [2.75, 3.05) is 6.54 Å². The van der Waals surface area contributed by atoms with Crippen LogP contribution in [0.5, 0.6) is 0 Å². The first kappa shape index (κ1) is 15.8. The van der Waals surface area contributed by atoms with E-state index in [1.807, 2.05) is 0 Å². The van der Waals surface area contributed by atoms with Crippen LogP contribution in [-0.4, -0.2) is 29.2 Å². The summed E-state index contributed by atoms with van der Waals surface area (Å²) in [5.41, 5.74) is -0.984. The van der Waals surface area contributed by atoms with Crippen molar-refractivity contribution < 1.29 is 14.7 Å². The van der Waals surface area contributed by atoms with E-state index in [1.54, 1.807) is 13.8 Å². The topological polar surface area (TPSA) is 78.4 Å². The molecule has 0 aliphatic heterocycles. The predicted molar refractivity (Wildman–Crippen MR) is 74.1 cm³/mol. The zero-order chi connectivity index (χ0) is 14.5. The highest BCUT2D eigenvalue weighted by Gasteiger charge is 2.37. The maximum Gasteiger partial charge on any atom is 0.329 e. The molecule has 0 unspecified atom stereocenters. The number of carbonyl (C=O) groups is 2. The minimum atomic E-state index is -1.15. The van der Waals surface area contributed by atoms with E-state index in [4.69, 9.17) is 0 Å². The molecule has 0 radical (unpaired) electrons. The molecule has 1 saturated carbocycles. The van der Waals surface area contributed by atoms with Crippen molar-refractivity contribution in [3.63, 3.8) is 0 Å². The maximum absolute atomic E-state index is 11.9. The maximum atomic E-state index is 11.9. The lowest BCUT2D eigenvalue weighted by Gasteiger charge is -2.30. The number of carboxylic acids is 1. The molecule has 19 heavy (non-hydrogen) atoms. The van der Waals surface area contributed by atoms with Crippen LogP contribution in [0.2, 0.25) is 0 Å². The molecule has 1 aliphatic rings. The second-order valence-electron chi connectivity index (χ2n) is 5.92. The lowest BCUT2D eigenvalue weighted by atomic mass is 9.89. The first-order valence-electron chi connectivity index (χ1n) is 7.17. The van der Waals surface area contributed by atoms with E-state index >= 15 is 0 Å². The molecule has 5 heteroatoms. The van der Waals surface area contributed by atoms with E-state index in [2.05, 4.69) is 17.6 Å². The van der Waals surface area contributed by atoms with Crippen LogP contribution in [-0.2, 0) is 4.79 Å². The molecule has 0 saturated heterocycles. The predicted octanol–water partition coefficient (Wildman–Crippen LogP) is 2.51. The molecule has 110 valence electrons. The number of urea groups is 1. The van der Waals surface area contributed by atoms with Crippen LogP contribution >= 0.6 is 0 Å². The van der Waals surface area contributed by atoms with Crippen molar-refractivity contribution in [3.05, 3.63) is 0 Å². The molecule has 5 nitrogen and oxygen atoms in total. The molecule has 3 N–H and O–H groups in total. The van der Waals surface area contributed by atoms with E-state index in [0.29, 0.717) is 19.4 Å². The highest BCUT2D eigenvalue weighted by Crippen LogP contribution is 2.36. The van der Waals surface area contributed by atoms with Crippen LogP contribution < -0.4 is 10.6 Å². The summed E-state index contributed by atoms with van der Waals surface area (Å²) in [6, 6.07) is -0.376. The fraction of sp³-hybridized carbons (Fsp3) is 0.857. The van der Waals surface area contributed by atoms with Crippen molar-refractivity contribution in [1.29, 1.82) is 0 Å². The highest BCUT2D eigenvalue weighted by molar-refractivity contribution is 5.86. The molecule has 0 bridgehead atoms. The molecule has 1 fully saturated rings. The van der Waals surface area contributed by atoms with Crippen LogP contribution in [0.15, 0.2) is 0 Å². The standard InChI is InChI=1S/C14H26N2O3/c1-4-14(5-2,11(17)18)16-12(19)15-10-13(3)8-6-7-9-13/h4-10H2,1-3H3,(H,17,18)(H2,15,16,19). The lowest BCUT2D eigenvalue weighted by Crippen LogP contribution is -2.57. The summed E-state index contributed by atoms with van der Waals surface area (Å²) >= 11 is 0. The van der Waals surface area contributed by atoms with E-state index in [-0.39, 0.29) is 11.4 Å². The first-order valence-corrected chi connectivity index (χ1v) is 7.17. The van der Waals surface area contributed by atoms with Gasteiger partial charge >= 0.3 is 12.0 Å². The molecule has 2 amide bonds. The van der Waals surface area contributed by atoms with Gasteiger partial charge in [0.15, 0.2) is 0 Å². The number of carboxylic acid groups (broad SMARTS) is 1. The second-order valence-corrected chi connectivity index (χ2v) is 5.92. The van der Waals surface area contributed by atoms with E-state index in [0.717, 1.165) is 12.8 Å². The molecule has 0 aromatic carbocycles. The average Bonchev–Trinajstić information content (AvgIpc) is 2.81. The summed E-state index contributed by atoms with van der Waals surface area (Å²) in [7, 11) is 0. The summed E-state index contributed by atoms with van der Waals surface area (Å²) in [5, 5.41) is 14.7. The number of hydrogen-bond acceptors (Lipinski definition) is 2. The normalized spacial score (nSPS) is 18.1. The fourth-order valence-corrected chi connectivity index (χ4v) is 2.74. The summed E-state index contributed by atoms with van der Waals surface area (Å²) in [6.45, 7) is 6.33. The Morgan fingerprint density at radius 1 is 1.21 bits per heavy atom. The number of aliphatic carboxylic acids is 1. The van der Waals surface area contributed by atoms with E-state index in [9.17, 15) is 14.7 Å². The Kier molecular flexibility index (Phi) is 5.20. The van der Waals surface area contributed by atoms with Crippen LogP contribution in [0.3, 0.4) is 0 Å². The van der Waals surface area contributed by atoms with E-state index < -0.39 is 11.5 Å². The van der Waals surface area contributed by atoms with Crippen LogP contribution in [0.1, 0.15) is 59.3 Å². The second kappa shape index (κ2) is 6.26. The van der Waals surface area contributed by atoms with Crippen LogP contribution in [0, 0.1) is 5.41 Å². The van der Waals surface area contributed by atoms with Crippen molar-refractivity contribution >= 4 is 12.0 Å². The number of nitrogens with one attached hydrogen (secondary N) is 2. The van der Waals surface area contributed by atoms with Gasteiger partial charge < -0.3 is 15.7 Å².